The molecule has 3 heterocycles. The summed E-state index contributed by atoms with van der Waals surface area (Å²) in [6, 6.07) is 0. The first-order valence-corrected chi connectivity index (χ1v) is 6.85. The summed E-state index contributed by atoms with van der Waals surface area (Å²) in [6.45, 7) is 16.1. The van der Waals surface area contributed by atoms with E-state index < -0.39 is 0 Å². The van der Waals surface area contributed by atoms with E-state index in [4.69, 9.17) is 5.73 Å². The van der Waals surface area contributed by atoms with Crippen LogP contribution >= 0.6 is 0 Å². The summed E-state index contributed by atoms with van der Waals surface area (Å²) in [7, 11) is 0. The molecule has 16 heavy (non-hydrogen) atoms. The smallest absolute Gasteiger partial charge is 0.129 e. The molecule has 3 aliphatic rings. The van der Waals surface area contributed by atoms with Crippen molar-refractivity contribution in [1.82, 2.24) is 5.32 Å². The monoisotopic (exact) mass is 228 g/mol. The molecule has 0 atom stereocenters. The fourth-order valence-corrected chi connectivity index (χ4v) is 3.38. The summed E-state index contributed by atoms with van der Waals surface area (Å²) in [4.78, 5) is 0. The van der Waals surface area contributed by atoms with Crippen molar-refractivity contribution in [1.29, 1.82) is 0 Å². The van der Waals surface area contributed by atoms with E-state index >= 15 is 0 Å². The van der Waals surface area contributed by atoms with Gasteiger partial charge in [0.15, 0.2) is 0 Å². The molecule has 0 aromatic heterocycles. The standard InChI is InChI=1S/C12H28N4/c1-2-14-4-6-16-10-7-15(5-3-13,8-11-16)9-12-16/h14H,2-13H2,1H3/q+2. The fourth-order valence-electron chi connectivity index (χ4n) is 3.38. The Bertz CT molecular complexity index is 205. The molecule has 4 nitrogen and oxygen atoms in total. The summed E-state index contributed by atoms with van der Waals surface area (Å²) in [5, 5.41) is 3.47. The highest BCUT2D eigenvalue weighted by atomic mass is 15.5. The summed E-state index contributed by atoms with van der Waals surface area (Å²) >= 11 is 0. The third kappa shape index (κ3) is 2.40. The predicted molar refractivity (Wildman–Crippen MR) is 67.1 cm³/mol. The van der Waals surface area contributed by atoms with Crippen LogP contribution in [-0.4, -0.2) is 81.0 Å². The lowest BCUT2D eigenvalue weighted by Gasteiger charge is -2.55. The second-order valence-corrected chi connectivity index (χ2v) is 5.61. The van der Waals surface area contributed by atoms with Crippen molar-refractivity contribution in [3.8, 4) is 0 Å². The topological polar surface area (TPSA) is 38.0 Å². The molecule has 4 heteroatoms. The van der Waals surface area contributed by atoms with Gasteiger partial charge in [0.05, 0.1) is 13.1 Å². The van der Waals surface area contributed by atoms with E-state index in [0.717, 1.165) is 13.1 Å². The Morgan fingerprint density at radius 3 is 1.88 bits per heavy atom. The zero-order chi connectivity index (χ0) is 11.5. The summed E-state index contributed by atoms with van der Waals surface area (Å²) in [5.41, 5.74) is 5.74. The minimum absolute atomic E-state index is 0.859. The number of piperazine rings is 3. The van der Waals surface area contributed by atoms with Crippen LogP contribution < -0.4 is 11.1 Å². The number of nitrogens with one attached hydrogen (secondary N) is 1. The molecular weight excluding hydrogens is 200 g/mol. The Balaban J connectivity index is 1.85. The third-order valence-corrected chi connectivity index (χ3v) is 4.76. The summed E-state index contributed by atoms with van der Waals surface area (Å²) < 4.78 is 2.69. The molecule has 0 unspecified atom stereocenters. The number of nitrogens with zero attached hydrogens (tertiary/aromatic N) is 2. The quantitative estimate of drug-likeness (QED) is 0.462. The second kappa shape index (κ2) is 5.00. The number of rotatable bonds is 6. The molecule has 3 aliphatic heterocycles. The van der Waals surface area contributed by atoms with Crippen LogP contribution in [0, 0.1) is 0 Å². The van der Waals surface area contributed by atoms with E-state index in [9.17, 15) is 0 Å². The second-order valence-electron chi connectivity index (χ2n) is 5.61. The zero-order valence-electron chi connectivity index (χ0n) is 10.7. The van der Waals surface area contributed by atoms with Gasteiger partial charge in [0.25, 0.3) is 0 Å². The highest BCUT2D eigenvalue weighted by Gasteiger charge is 2.47. The molecule has 3 fully saturated rings. The highest BCUT2D eigenvalue weighted by Crippen LogP contribution is 2.25. The Labute approximate surface area is 99.6 Å². The molecule has 0 amide bonds. The number of hydrogen-bond donors (Lipinski definition) is 2. The van der Waals surface area contributed by atoms with Crippen LogP contribution in [0.4, 0.5) is 0 Å². The van der Waals surface area contributed by atoms with Crippen LogP contribution in [-0.2, 0) is 0 Å². The van der Waals surface area contributed by atoms with Crippen LogP contribution in [0.5, 0.6) is 0 Å². The van der Waals surface area contributed by atoms with E-state index in [0.29, 0.717) is 0 Å². The van der Waals surface area contributed by atoms with Gasteiger partial charge >= 0.3 is 0 Å². The van der Waals surface area contributed by atoms with Gasteiger partial charge in [0.1, 0.15) is 39.3 Å². The molecule has 0 aromatic rings. The van der Waals surface area contributed by atoms with Crippen molar-refractivity contribution >= 4 is 0 Å². The first-order valence-electron chi connectivity index (χ1n) is 6.85. The lowest BCUT2D eigenvalue weighted by atomic mass is 10.1. The van der Waals surface area contributed by atoms with E-state index in [1.165, 1.54) is 67.9 Å². The fraction of sp³-hybridized carbons (Fsp3) is 1.00. The molecule has 0 saturated carbocycles. The zero-order valence-corrected chi connectivity index (χ0v) is 10.7. The van der Waals surface area contributed by atoms with Crippen molar-refractivity contribution in [2.75, 3.05) is 72.0 Å². The first kappa shape index (κ1) is 12.3. The highest BCUT2D eigenvalue weighted by molar-refractivity contribution is 4.63. The van der Waals surface area contributed by atoms with Crippen LogP contribution in [0.2, 0.25) is 0 Å². The van der Waals surface area contributed by atoms with E-state index in [-0.39, 0.29) is 0 Å². The molecule has 0 aliphatic carbocycles. The molecule has 3 saturated heterocycles. The van der Waals surface area contributed by atoms with E-state index in [2.05, 4.69) is 12.2 Å². The predicted octanol–water partition coefficient (Wildman–Crippen LogP) is -0.785. The number of hydrogen-bond acceptors (Lipinski definition) is 2. The molecule has 0 spiro atoms. The molecule has 94 valence electrons. The molecule has 3 rings (SSSR count). The van der Waals surface area contributed by atoms with Gasteiger partial charge in [0, 0.05) is 13.1 Å². The number of likely N-dealkylation sites (N-methyl/N-ethyl adjacent to an activating group) is 1. The van der Waals surface area contributed by atoms with Gasteiger partial charge in [-0.25, -0.2) is 0 Å². The van der Waals surface area contributed by atoms with Gasteiger partial charge in [0.2, 0.25) is 0 Å². The van der Waals surface area contributed by atoms with Crippen molar-refractivity contribution in [2.24, 2.45) is 5.73 Å². The van der Waals surface area contributed by atoms with Gasteiger partial charge in [-0.3, -0.25) is 0 Å². The Kier molecular flexibility index (Phi) is 3.85. The average molecular weight is 228 g/mol. The Morgan fingerprint density at radius 2 is 1.44 bits per heavy atom. The molecule has 0 aromatic carbocycles. The maximum Gasteiger partial charge on any atom is 0.129 e. The molecule has 3 N–H and O–H groups in total. The third-order valence-electron chi connectivity index (χ3n) is 4.76. The molecule has 0 radical (unpaired) electrons. The number of fused-ring (bicyclic) bond motifs is 3. The van der Waals surface area contributed by atoms with Crippen molar-refractivity contribution in [2.45, 2.75) is 6.92 Å². The average Bonchev–Trinajstić information content (AvgIpc) is 2.32. The van der Waals surface area contributed by atoms with E-state index in [1.54, 1.807) is 0 Å². The molecule has 2 bridgehead atoms. The maximum atomic E-state index is 5.74. The van der Waals surface area contributed by atoms with Gasteiger partial charge in [-0.2, -0.15) is 0 Å². The van der Waals surface area contributed by atoms with Crippen molar-refractivity contribution < 1.29 is 8.97 Å². The Morgan fingerprint density at radius 1 is 0.938 bits per heavy atom. The SMILES string of the molecule is CCNCC[N+]12CC[N+](CCN)(CC1)CC2. The number of quaternary nitrogens is 2. The Hall–Kier alpha value is -0.160. The van der Waals surface area contributed by atoms with Crippen LogP contribution in [0.15, 0.2) is 0 Å². The van der Waals surface area contributed by atoms with E-state index in [1.807, 2.05) is 0 Å². The summed E-state index contributed by atoms with van der Waals surface area (Å²) in [5.74, 6) is 0. The normalized spacial score (nSPS) is 37.9. The first-order chi connectivity index (χ1) is 7.74. The van der Waals surface area contributed by atoms with Crippen LogP contribution in [0.3, 0.4) is 0 Å². The van der Waals surface area contributed by atoms with Gasteiger partial charge < -0.3 is 20.0 Å². The van der Waals surface area contributed by atoms with Gasteiger partial charge in [-0.15, -0.1) is 0 Å². The lowest BCUT2D eigenvalue weighted by molar-refractivity contribution is -1.08. The van der Waals surface area contributed by atoms with Crippen LogP contribution in [0.25, 0.3) is 0 Å². The van der Waals surface area contributed by atoms with Gasteiger partial charge in [-0.1, -0.05) is 6.92 Å². The maximum absolute atomic E-state index is 5.74. The number of nitrogens with two attached hydrogens (primary N) is 1. The van der Waals surface area contributed by atoms with Crippen LogP contribution in [0.1, 0.15) is 6.92 Å². The largest absolute Gasteiger partial charge is 0.326 e. The van der Waals surface area contributed by atoms with Crippen molar-refractivity contribution in [3.63, 3.8) is 0 Å². The van der Waals surface area contributed by atoms with Crippen molar-refractivity contribution in [3.05, 3.63) is 0 Å². The minimum atomic E-state index is 0.859. The lowest BCUT2D eigenvalue weighted by Crippen LogP contribution is -2.76. The minimum Gasteiger partial charge on any atom is -0.326 e. The molecular formula is C12H28N4+2. The van der Waals surface area contributed by atoms with Gasteiger partial charge in [-0.05, 0) is 6.54 Å². The summed E-state index contributed by atoms with van der Waals surface area (Å²) in [6.07, 6.45) is 0.